The first-order valence-corrected chi connectivity index (χ1v) is 9.53. The molecule has 0 aromatic carbocycles. The van der Waals surface area contributed by atoms with Crippen LogP contribution in [0.15, 0.2) is 28.0 Å². The van der Waals surface area contributed by atoms with Crippen LogP contribution >= 0.6 is 0 Å². The molecule has 1 fully saturated rings. The Morgan fingerprint density at radius 1 is 1.24 bits per heavy atom. The minimum atomic E-state index is -3.74. The van der Waals surface area contributed by atoms with Crippen LogP contribution in [0.25, 0.3) is 0 Å². The predicted molar refractivity (Wildman–Crippen MR) is 90.5 cm³/mol. The third-order valence-electron chi connectivity index (χ3n) is 3.78. The Morgan fingerprint density at radius 2 is 1.88 bits per heavy atom. The number of nitrogens with zero attached hydrogens (tertiary/aromatic N) is 2. The van der Waals surface area contributed by atoms with Gasteiger partial charge in [0.2, 0.25) is 15.9 Å². The molecule has 3 amide bonds. The van der Waals surface area contributed by atoms with E-state index in [2.05, 4.69) is 10.6 Å². The number of rotatable bonds is 7. The number of hydrogen-bond donors (Lipinski definition) is 2. The predicted octanol–water partition coefficient (Wildman–Crippen LogP) is -0.133. The zero-order valence-corrected chi connectivity index (χ0v) is 15.0. The molecule has 138 valence electrons. The lowest BCUT2D eigenvalue weighted by atomic mass is 10.4. The van der Waals surface area contributed by atoms with Crippen LogP contribution < -0.4 is 16.2 Å². The van der Waals surface area contributed by atoms with Crippen molar-refractivity contribution in [3.8, 4) is 0 Å². The molecule has 0 atom stereocenters. The number of carbonyl (C=O) groups is 2. The molecule has 0 aliphatic heterocycles. The fraction of sp³-hybridized carbons (Fsp3) is 0.533. The second-order valence-corrected chi connectivity index (χ2v) is 7.65. The summed E-state index contributed by atoms with van der Waals surface area (Å²) in [5, 5.41) is 4.71. The largest absolute Gasteiger partial charge is 0.335 e. The average Bonchev–Trinajstić information content (AvgIpc) is 3.33. The van der Waals surface area contributed by atoms with E-state index >= 15 is 0 Å². The van der Waals surface area contributed by atoms with Crippen LogP contribution in [0.2, 0.25) is 0 Å². The molecule has 1 aromatic heterocycles. The zero-order valence-electron chi connectivity index (χ0n) is 14.2. The maximum absolute atomic E-state index is 12.5. The highest BCUT2D eigenvalue weighted by atomic mass is 32.2. The van der Waals surface area contributed by atoms with Gasteiger partial charge in [-0.1, -0.05) is 13.8 Å². The van der Waals surface area contributed by atoms with Gasteiger partial charge in [-0.15, -0.1) is 0 Å². The Balaban J connectivity index is 2.14. The van der Waals surface area contributed by atoms with Crippen LogP contribution in [-0.2, 0) is 21.4 Å². The van der Waals surface area contributed by atoms with Crippen molar-refractivity contribution in [2.24, 2.45) is 0 Å². The Labute approximate surface area is 146 Å². The summed E-state index contributed by atoms with van der Waals surface area (Å²) in [5.41, 5.74) is -0.531. The van der Waals surface area contributed by atoms with Gasteiger partial charge >= 0.3 is 6.03 Å². The first kappa shape index (κ1) is 19.1. The van der Waals surface area contributed by atoms with Gasteiger partial charge in [-0.2, -0.15) is 4.31 Å². The molecule has 2 rings (SSSR count). The molecule has 1 aromatic rings. The number of hydrogen-bond acceptors (Lipinski definition) is 5. The van der Waals surface area contributed by atoms with E-state index in [4.69, 9.17) is 0 Å². The Morgan fingerprint density at radius 3 is 2.44 bits per heavy atom. The first-order chi connectivity index (χ1) is 11.8. The number of imide groups is 1. The third kappa shape index (κ3) is 4.89. The summed E-state index contributed by atoms with van der Waals surface area (Å²) in [6, 6.07) is 1.78. The Kier molecular flexibility index (Phi) is 5.96. The van der Waals surface area contributed by atoms with E-state index in [0.29, 0.717) is 13.1 Å². The minimum Gasteiger partial charge on any atom is -0.335 e. The van der Waals surface area contributed by atoms with Crippen molar-refractivity contribution in [1.82, 2.24) is 19.5 Å². The van der Waals surface area contributed by atoms with Crippen molar-refractivity contribution >= 4 is 22.0 Å². The molecule has 0 radical (unpaired) electrons. The normalized spacial score (nSPS) is 14.4. The Bertz CT molecular complexity index is 809. The highest BCUT2D eigenvalue weighted by Gasteiger charge is 2.25. The van der Waals surface area contributed by atoms with Gasteiger partial charge in [0.25, 0.3) is 5.56 Å². The molecule has 0 saturated heterocycles. The quantitative estimate of drug-likeness (QED) is 0.693. The third-order valence-corrected chi connectivity index (χ3v) is 5.81. The molecule has 9 nitrogen and oxygen atoms in total. The van der Waals surface area contributed by atoms with Gasteiger partial charge in [0.15, 0.2) is 0 Å². The summed E-state index contributed by atoms with van der Waals surface area (Å²) in [5.74, 6) is -0.697. The zero-order chi connectivity index (χ0) is 18.6. The monoisotopic (exact) mass is 370 g/mol. The molecule has 1 saturated carbocycles. The molecule has 2 N–H and O–H groups in total. The van der Waals surface area contributed by atoms with Crippen LogP contribution in [-0.4, -0.2) is 48.4 Å². The van der Waals surface area contributed by atoms with Gasteiger partial charge in [0.05, 0.1) is 4.90 Å². The van der Waals surface area contributed by atoms with Gasteiger partial charge in [-0.3, -0.25) is 14.9 Å². The molecule has 10 heteroatoms. The van der Waals surface area contributed by atoms with Gasteiger partial charge < -0.3 is 9.88 Å². The van der Waals surface area contributed by atoms with Crippen molar-refractivity contribution in [1.29, 1.82) is 0 Å². The second kappa shape index (κ2) is 7.79. The smallest absolute Gasteiger partial charge is 0.321 e. The summed E-state index contributed by atoms with van der Waals surface area (Å²) in [6.07, 6.45) is 2.88. The number of carbonyl (C=O) groups excluding carboxylic acids is 2. The molecule has 0 unspecified atom stereocenters. The first-order valence-electron chi connectivity index (χ1n) is 8.09. The van der Waals surface area contributed by atoms with Crippen LogP contribution in [0.5, 0.6) is 0 Å². The van der Waals surface area contributed by atoms with E-state index in [1.54, 1.807) is 13.8 Å². The van der Waals surface area contributed by atoms with Gasteiger partial charge in [0.1, 0.15) is 6.54 Å². The second-order valence-electron chi connectivity index (χ2n) is 5.72. The maximum atomic E-state index is 12.5. The van der Waals surface area contributed by atoms with Crippen molar-refractivity contribution < 1.29 is 18.0 Å². The van der Waals surface area contributed by atoms with Crippen molar-refractivity contribution in [2.75, 3.05) is 13.1 Å². The standard InChI is InChI=1S/C15H22N4O5S/c1-3-19(4-2)25(23,24)12-7-8-14(21)18(9-12)10-13(20)17-15(22)16-11-5-6-11/h7-9,11H,3-6,10H2,1-2H3,(H2,16,17,20,22). The van der Waals surface area contributed by atoms with Crippen LogP contribution in [0.1, 0.15) is 26.7 Å². The number of nitrogens with one attached hydrogen (secondary N) is 2. The number of sulfonamides is 1. The van der Waals surface area contributed by atoms with E-state index in [0.717, 1.165) is 29.7 Å². The topological polar surface area (TPSA) is 118 Å². The van der Waals surface area contributed by atoms with Crippen molar-refractivity contribution in [2.45, 2.75) is 44.2 Å². The van der Waals surface area contributed by atoms with E-state index in [-0.39, 0.29) is 10.9 Å². The lowest BCUT2D eigenvalue weighted by molar-refractivity contribution is -0.120. The van der Waals surface area contributed by atoms with Gasteiger partial charge in [0, 0.05) is 31.4 Å². The summed E-state index contributed by atoms with van der Waals surface area (Å²) >= 11 is 0. The molecule has 1 aliphatic rings. The maximum Gasteiger partial charge on any atom is 0.321 e. The van der Waals surface area contributed by atoms with Crippen LogP contribution in [0.4, 0.5) is 4.79 Å². The fourth-order valence-electron chi connectivity index (χ4n) is 2.27. The van der Waals surface area contributed by atoms with Crippen molar-refractivity contribution in [3.63, 3.8) is 0 Å². The highest BCUT2D eigenvalue weighted by Crippen LogP contribution is 2.18. The molecule has 1 heterocycles. The Hall–Kier alpha value is -2.20. The van der Waals surface area contributed by atoms with Crippen LogP contribution in [0, 0.1) is 0 Å². The number of pyridine rings is 1. The minimum absolute atomic E-state index is 0.0777. The summed E-state index contributed by atoms with van der Waals surface area (Å²) in [6.45, 7) is 3.56. The number of urea groups is 1. The van der Waals surface area contributed by atoms with Crippen LogP contribution in [0.3, 0.4) is 0 Å². The molecule has 25 heavy (non-hydrogen) atoms. The number of amides is 3. The molecule has 1 aliphatic carbocycles. The molecule has 0 bridgehead atoms. The van der Waals surface area contributed by atoms with Crippen molar-refractivity contribution in [3.05, 3.63) is 28.7 Å². The van der Waals surface area contributed by atoms with Gasteiger partial charge in [-0.05, 0) is 18.9 Å². The van der Waals surface area contributed by atoms with E-state index in [9.17, 15) is 22.8 Å². The molecule has 0 spiro atoms. The van der Waals surface area contributed by atoms with E-state index in [1.807, 2.05) is 0 Å². The molecular weight excluding hydrogens is 348 g/mol. The lowest BCUT2D eigenvalue weighted by Gasteiger charge is -2.19. The van der Waals surface area contributed by atoms with Gasteiger partial charge in [-0.25, -0.2) is 13.2 Å². The van der Waals surface area contributed by atoms with E-state index in [1.165, 1.54) is 10.4 Å². The van der Waals surface area contributed by atoms with E-state index < -0.39 is 34.1 Å². The average molecular weight is 370 g/mol. The highest BCUT2D eigenvalue weighted by molar-refractivity contribution is 7.89. The molecular formula is C15H22N4O5S. The fourth-order valence-corrected chi connectivity index (χ4v) is 3.75. The lowest BCUT2D eigenvalue weighted by Crippen LogP contribution is -2.43. The summed E-state index contributed by atoms with van der Waals surface area (Å²) in [7, 11) is -3.74. The summed E-state index contributed by atoms with van der Waals surface area (Å²) in [4.78, 5) is 35.2. The SMILES string of the molecule is CCN(CC)S(=O)(=O)c1ccc(=O)n(CC(=O)NC(=O)NC2CC2)c1. The number of aromatic nitrogens is 1. The summed E-state index contributed by atoms with van der Waals surface area (Å²) < 4.78 is 27.2.